The minimum atomic E-state index is -0.544. The van der Waals surface area contributed by atoms with Gasteiger partial charge in [0.2, 0.25) is 0 Å². The van der Waals surface area contributed by atoms with Crippen LogP contribution in [0.5, 0.6) is 0 Å². The minimum Gasteiger partial charge on any atom is -0.267 e. The van der Waals surface area contributed by atoms with Crippen molar-refractivity contribution in [2.75, 3.05) is 0 Å². The summed E-state index contributed by atoms with van der Waals surface area (Å²) in [7, 11) is 0. The van der Waals surface area contributed by atoms with Gasteiger partial charge < -0.3 is 0 Å². The summed E-state index contributed by atoms with van der Waals surface area (Å²) in [6.07, 6.45) is 1.62. The molecule has 1 atom stereocenters. The van der Waals surface area contributed by atoms with Crippen molar-refractivity contribution in [3.05, 3.63) is 75.8 Å². The molecule has 2 rings (SSSR count). The summed E-state index contributed by atoms with van der Waals surface area (Å²) in [5.41, 5.74) is 3.52. The van der Waals surface area contributed by atoms with Gasteiger partial charge in [0.1, 0.15) is 0 Å². The maximum atomic E-state index is 11.9. The first-order chi connectivity index (χ1) is 10.6. The number of carbonyl (C=O) groups is 1. The maximum Gasteiger partial charge on any atom is 0.271 e. The number of carbonyl (C=O) groups excluding carboxylic acids is 1. The van der Waals surface area contributed by atoms with Gasteiger partial charge in [-0.3, -0.25) is 14.9 Å². The van der Waals surface area contributed by atoms with Gasteiger partial charge in [-0.2, -0.15) is 5.10 Å². The summed E-state index contributed by atoms with van der Waals surface area (Å²) in [4.78, 5) is 22.0. The molecule has 0 fully saturated rings. The van der Waals surface area contributed by atoms with Gasteiger partial charge in [-0.1, -0.05) is 43.3 Å². The Morgan fingerprint density at radius 3 is 2.64 bits per heavy atom. The van der Waals surface area contributed by atoms with E-state index in [-0.39, 0.29) is 17.2 Å². The molecule has 1 N–H and O–H groups in total. The zero-order valence-corrected chi connectivity index (χ0v) is 12.0. The van der Waals surface area contributed by atoms with Gasteiger partial charge in [0.05, 0.1) is 4.92 Å². The molecule has 0 spiro atoms. The summed E-state index contributed by atoms with van der Waals surface area (Å²) in [6, 6.07) is 15.2. The van der Waals surface area contributed by atoms with E-state index in [0.717, 1.165) is 5.56 Å². The van der Waals surface area contributed by atoms with E-state index in [9.17, 15) is 14.9 Å². The van der Waals surface area contributed by atoms with Crippen molar-refractivity contribution in [3.8, 4) is 0 Å². The fourth-order valence-corrected chi connectivity index (χ4v) is 1.88. The van der Waals surface area contributed by atoms with Crippen LogP contribution in [0.4, 0.5) is 5.69 Å². The van der Waals surface area contributed by atoms with Crippen LogP contribution in [-0.4, -0.2) is 17.0 Å². The summed E-state index contributed by atoms with van der Waals surface area (Å²) < 4.78 is 0. The Bertz CT molecular complexity index is 699. The first kappa shape index (κ1) is 15.4. The van der Waals surface area contributed by atoms with Gasteiger partial charge in [0.25, 0.3) is 11.6 Å². The quantitative estimate of drug-likeness (QED) is 0.522. The molecular weight excluding hydrogens is 282 g/mol. The van der Waals surface area contributed by atoms with Gasteiger partial charge in [0, 0.05) is 29.8 Å². The second-order valence-corrected chi connectivity index (χ2v) is 4.73. The number of nitro groups is 1. The molecule has 6 heteroatoms. The number of hydrogen-bond donors (Lipinski definition) is 1. The number of amides is 1. The Labute approximate surface area is 127 Å². The van der Waals surface area contributed by atoms with E-state index in [2.05, 4.69) is 10.5 Å². The molecule has 1 amide bonds. The smallest absolute Gasteiger partial charge is 0.267 e. The molecule has 0 aliphatic rings. The van der Waals surface area contributed by atoms with Crippen LogP contribution < -0.4 is 5.43 Å². The van der Waals surface area contributed by atoms with Crippen LogP contribution in [0, 0.1) is 10.1 Å². The van der Waals surface area contributed by atoms with E-state index >= 15 is 0 Å². The average molecular weight is 297 g/mol. The topological polar surface area (TPSA) is 84.6 Å². The third-order valence-corrected chi connectivity index (χ3v) is 3.11. The summed E-state index contributed by atoms with van der Waals surface area (Å²) in [6.45, 7) is 1.96. The van der Waals surface area contributed by atoms with E-state index in [1.165, 1.54) is 24.3 Å². The van der Waals surface area contributed by atoms with Crippen LogP contribution in [-0.2, 0) is 0 Å². The highest BCUT2D eigenvalue weighted by atomic mass is 16.6. The Balaban J connectivity index is 1.99. The van der Waals surface area contributed by atoms with Crippen molar-refractivity contribution in [2.45, 2.75) is 12.8 Å². The fraction of sp³-hybridized carbons (Fsp3) is 0.125. The lowest BCUT2D eigenvalue weighted by molar-refractivity contribution is -0.384. The first-order valence-corrected chi connectivity index (χ1v) is 6.71. The van der Waals surface area contributed by atoms with Crippen LogP contribution in [0.2, 0.25) is 0 Å². The molecule has 0 saturated carbocycles. The Morgan fingerprint density at radius 2 is 1.95 bits per heavy atom. The highest BCUT2D eigenvalue weighted by Gasteiger charge is 2.10. The fourth-order valence-electron chi connectivity index (χ4n) is 1.88. The van der Waals surface area contributed by atoms with Crippen molar-refractivity contribution in [1.82, 2.24) is 5.43 Å². The van der Waals surface area contributed by atoms with Crippen LogP contribution >= 0.6 is 0 Å². The molecule has 2 aromatic rings. The highest BCUT2D eigenvalue weighted by Crippen LogP contribution is 2.13. The molecule has 0 aromatic heterocycles. The maximum absolute atomic E-state index is 11.9. The highest BCUT2D eigenvalue weighted by molar-refractivity contribution is 5.95. The van der Waals surface area contributed by atoms with Crippen molar-refractivity contribution in [3.63, 3.8) is 0 Å². The average Bonchev–Trinajstić information content (AvgIpc) is 2.55. The number of nitro benzene ring substituents is 1. The SMILES string of the molecule is CC(/C=N/NC(=O)c1cccc([N+](=O)[O-])c1)c1ccccc1. The number of hydrogen-bond acceptors (Lipinski definition) is 4. The second-order valence-electron chi connectivity index (χ2n) is 4.73. The molecule has 0 aliphatic heterocycles. The van der Waals surface area contributed by atoms with Crippen molar-refractivity contribution in [2.24, 2.45) is 5.10 Å². The molecule has 0 aliphatic carbocycles. The van der Waals surface area contributed by atoms with Crippen LogP contribution in [0.25, 0.3) is 0 Å². The molecule has 112 valence electrons. The number of hydrazone groups is 1. The van der Waals surface area contributed by atoms with E-state index < -0.39 is 10.8 Å². The van der Waals surface area contributed by atoms with Gasteiger partial charge in [0.15, 0.2) is 0 Å². The monoisotopic (exact) mass is 297 g/mol. The van der Waals surface area contributed by atoms with Crippen molar-refractivity contribution >= 4 is 17.8 Å². The molecule has 22 heavy (non-hydrogen) atoms. The molecule has 0 saturated heterocycles. The van der Waals surface area contributed by atoms with Crippen molar-refractivity contribution < 1.29 is 9.72 Å². The normalized spacial score (nSPS) is 12.0. The lowest BCUT2D eigenvalue weighted by Gasteiger charge is -2.05. The second kappa shape index (κ2) is 7.12. The standard InChI is InChI=1S/C16H15N3O3/c1-12(13-6-3-2-4-7-13)11-17-18-16(20)14-8-5-9-15(10-14)19(21)22/h2-12H,1H3,(H,18,20)/b17-11+. The molecule has 0 heterocycles. The van der Waals surface area contributed by atoms with Crippen LogP contribution in [0.15, 0.2) is 59.7 Å². The molecule has 1 unspecified atom stereocenters. The number of non-ortho nitro benzene ring substituents is 1. The van der Waals surface area contributed by atoms with Crippen LogP contribution in [0.3, 0.4) is 0 Å². The minimum absolute atomic E-state index is 0.0478. The molecule has 0 bridgehead atoms. The van der Waals surface area contributed by atoms with E-state index in [0.29, 0.717) is 0 Å². The molecule has 2 aromatic carbocycles. The van der Waals surface area contributed by atoms with Gasteiger partial charge in [-0.25, -0.2) is 5.43 Å². The predicted octanol–water partition coefficient (Wildman–Crippen LogP) is 3.11. The number of nitrogens with one attached hydrogen (secondary N) is 1. The van der Waals surface area contributed by atoms with E-state index in [1.54, 1.807) is 6.21 Å². The number of benzene rings is 2. The third-order valence-electron chi connectivity index (χ3n) is 3.11. The number of nitrogens with zero attached hydrogens (tertiary/aromatic N) is 2. The van der Waals surface area contributed by atoms with Crippen LogP contribution in [0.1, 0.15) is 28.8 Å². The largest absolute Gasteiger partial charge is 0.271 e. The van der Waals surface area contributed by atoms with Crippen molar-refractivity contribution in [1.29, 1.82) is 0 Å². The Morgan fingerprint density at radius 1 is 1.23 bits per heavy atom. The first-order valence-electron chi connectivity index (χ1n) is 6.71. The third kappa shape index (κ3) is 3.99. The van der Waals surface area contributed by atoms with E-state index in [4.69, 9.17) is 0 Å². The van der Waals surface area contributed by atoms with E-state index in [1.807, 2.05) is 37.3 Å². The van der Waals surface area contributed by atoms with Gasteiger partial charge in [-0.15, -0.1) is 0 Å². The molecule has 6 nitrogen and oxygen atoms in total. The zero-order chi connectivity index (χ0) is 15.9. The summed E-state index contributed by atoms with van der Waals surface area (Å²) >= 11 is 0. The Kier molecular flexibility index (Phi) is 4.98. The van der Waals surface area contributed by atoms with Gasteiger partial charge >= 0.3 is 0 Å². The summed E-state index contributed by atoms with van der Waals surface area (Å²) in [5, 5.41) is 14.6. The summed E-state index contributed by atoms with van der Waals surface area (Å²) in [5.74, 6) is -0.438. The van der Waals surface area contributed by atoms with Gasteiger partial charge in [-0.05, 0) is 11.6 Å². The lowest BCUT2D eigenvalue weighted by atomic mass is 10.0. The molecular formula is C16H15N3O3. The molecule has 0 radical (unpaired) electrons. The number of rotatable bonds is 5. The Hall–Kier alpha value is -3.02. The predicted molar refractivity (Wildman–Crippen MR) is 83.9 cm³/mol. The lowest BCUT2D eigenvalue weighted by Crippen LogP contribution is -2.18. The zero-order valence-electron chi connectivity index (χ0n) is 12.0.